The Morgan fingerprint density at radius 1 is 1.09 bits per heavy atom. The number of imidazole rings is 1. The van der Waals surface area contributed by atoms with Crippen LogP contribution in [-0.2, 0) is 6.54 Å². The number of hydrogen-bond donors (Lipinski definition) is 1. The number of aryl methyl sites for hydroxylation is 1. The molecular weight excluding hydrogens is 442 g/mol. The van der Waals surface area contributed by atoms with Gasteiger partial charge in [-0.05, 0) is 30.7 Å². The maximum atomic E-state index is 13.7. The highest BCUT2D eigenvalue weighted by molar-refractivity contribution is 6.23. The van der Waals surface area contributed by atoms with Crippen molar-refractivity contribution in [1.29, 1.82) is 0 Å². The van der Waals surface area contributed by atoms with E-state index in [1.807, 2.05) is 37.3 Å². The summed E-state index contributed by atoms with van der Waals surface area (Å²) in [4.78, 5) is 39.9. The number of ketones is 1. The minimum Gasteiger partial charge on any atom is -0.496 e. The number of fused-ring (bicyclic) bond motifs is 2. The van der Waals surface area contributed by atoms with Crippen LogP contribution < -0.4 is 4.74 Å². The van der Waals surface area contributed by atoms with Gasteiger partial charge in [-0.2, -0.15) is 0 Å². The predicted molar refractivity (Wildman–Crippen MR) is 134 cm³/mol. The first kappa shape index (κ1) is 22.3. The van der Waals surface area contributed by atoms with E-state index < -0.39 is 0 Å². The molecule has 0 saturated carbocycles. The molecule has 0 atom stereocenters. The van der Waals surface area contributed by atoms with Crippen molar-refractivity contribution in [3.63, 3.8) is 0 Å². The molecule has 0 aliphatic rings. The first-order valence-electron chi connectivity index (χ1n) is 11.2. The molecule has 5 rings (SSSR count). The Kier molecular flexibility index (Phi) is 5.56. The molecule has 2 aromatic carbocycles. The lowest BCUT2D eigenvalue weighted by Crippen LogP contribution is -2.24. The first-order chi connectivity index (χ1) is 16.9. The number of carbonyl (C=O) groups is 2. The van der Waals surface area contributed by atoms with Crippen LogP contribution >= 0.6 is 0 Å². The third-order valence-electron chi connectivity index (χ3n) is 6.15. The number of carbonyl (C=O) groups excluding carboxylic acids is 2. The van der Waals surface area contributed by atoms with E-state index >= 15 is 0 Å². The summed E-state index contributed by atoms with van der Waals surface area (Å²) in [5.41, 5.74) is 4.61. The van der Waals surface area contributed by atoms with Crippen LogP contribution in [0.15, 0.2) is 60.9 Å². The van der Waals surface area contributed by atoms with Crippen LogP contribution in [-0.4, -0.2) is 57.3 Å². The normalized spacial score (nSPS) is 11.2. The van der Waals surface area contributed by atoms with Crippen molar-refractivity contribution in [1.82, 2.24) is 24.4 Å². The van der Waals surface area contributed by atoms with Gasteiger partial charge in [-0.15, -0.1) is 0 Å². The van der Waals surface area contributed by atoms with Crippen molar-refractivity contribution >= 4 is 33.6 Å². The maximum Gasteiger partial charge on any atom is 0.270 e. The summed E-state index contributed by atoms with van der Waals surface area (Å²) in [7, 11) is 4.87. The summed E-state index contributed by atoms with van der Waals surface area (Å²) in [6, 6.07) is 14.8. The molecule has 3 aromatic heterocycles. The number of rotatable bonds is 6. The van der Waals surface area contributed by atoms with Crippen LogP contribution in [0.2, 0.25) is 0 Å². The van der Waals surface area contributed by atoms with Gasteiger partial charge in [0.15, 0.2) is 5.78 Å². The number of ether oxygens (including phenoxy) is 1. The lowest BCUT2D eigenvalue weighted by atomic mass is 9.98. The van der Waals surface area contributed by atoms with Gasteiger partial charge in [0.05, 0.1) is 35.3 Å². The standard InChI is InChI=1S/C27H25N5O3/c1-16-29-20-14-28-13-12-21(20)32(16)15-17-8-10-18(11-9-17)26(33)24-23-19(6-5-7-22(23)35-4)30-25(24)27(34)31(2)3/h5-14,30H,15H2,1-4H3. The van der Waals surface area contributed by atoms with Crippen molar-refractivity contribution < 1.29 is 14.3 Å². The fraction of sp³-hybridized carbons (Fsp3) is 0.185. The molecule has 8 heteroatoms. The molecule has 0 bridgehead atoms. The minimum absolute atomic E-state index is 0.243. The van der Waals surface area contributed by atoms with E-state index in [1.165, 1.54) is 4.90 Å². The van der Waals surface area contributed by atoms with Crippen molar-refractivity contribution in [2.24, 2.45) is 0 Å². The molecule has 0 aliphatic carbocycles. The summed E-state index contributed by atoms with van der Waals surface area (Å²) in [6.07, 6.45) is 3.51. The second kappa shape index (κ2) is 8.72. The third-order valence-corrected chi connectivity index (χ3v) is 6.15. The average Bonchev–Trinajstić information content (AvgIpc) is 3.41. The lowest BCUT2D eigenvalue weighted by Gasteiger charge is -2.12. The van der Waals surface area contributed by atoms with Crippen molar-refractivity contribution in [2.45, 2.75) is 13.5 Å². The molecule has 0 spiro atoms. The SMILES string of the molecule is COc1cccc2[nH]c(C(=O)N(C)C)c(C(=O)c3ccc(Cn4c(C)nc5cnccc54)cc3)c12. The minimum atomic E-state index is -0.278. The molecule has 5 aromatic rings. The quantitative estimate of drug-likeness (QED) is 0.378. The van der Waals surface area contributed by atoms with Crippen LogP contribution in [0.5, 0.6) is 5.75 Å². The van der Waals surface area contributed by atoms with Gasteiger partial charge in [0.2, 0.25) is 0 Å². The number of aromatic amines is 1. The van der Waals surface area contributed by atoms with E-state index in [9.17, 15) is 9.59 Å². The monoisotopic (exact) mass is 467 g/mol. The van der Waals surface area contributed by atoms with E-state index in [0.717, 1.165) is 22.4 Å². The zero-order chi connectivity index (χ0) is 24.7. The van der Waals surface area contributed by atoms with Crippen molar-refractivity contribution in [2.75, 3.05) is 21.2 Å². The highest BCUT2D eigenvalue weighted by Gasteiger charge is 2.27. The molecule has 1 amide bonds. The fourth-order valence-electron chi connectivity index (χ4n) is 4.39. The van der Waals surface area contributed by atoms with Gasteiger partial charge in [-0.25, -0.2) is 4.98 Å². The zero-order valence-electron chi connectivity index (χ0n) is 20.0. The van der Waals surface area contributed by atoms with E-state index in [0.29, 0.717) is 34.3 Å². The molecule has 0 saturated heterocycles. The Morgan fingerprint density at radius 3 is 2.57 bits per heavy atom. The number of nitrogens with zero attached hydrogens (tertiary/aromatic N) is 4. The van der Waals surface area contributed by atoms with Gasteiger partial charge < -0.3 is 19.2 Å². The highest BCUT2D eigenvalue weighted by Crippen LogP contribution is 2.33. The molecular formula is C27H25N5O3. The van der Waals surface area contributed by atoms with Crippen LogP contribution in [0, 0.1) is 6.92 Å². The number of amides is 1. The largest absolute Gasteiger partial charge is 0.496 e. The predicted octanol–water partition coefficient (Wildman–Crippen LogP) is 4.21. The van der Waals surface area contributed by atoms with Gasteiger partial charge >= 0.3 is 0 Å². The second-order valence-electron chi connectivity index (χ2n) is 8.59. The van der Waals surface area contributed by atoms with E-state index in [-0.39, 0.29) is 17.4 Å². The van der Waals surface area contributed by atoms with Gasteiger partial charge in [-0.1, -0.05) is 30.3 Å². The summed E-state index contributed by atoms with van der Waals surface area (Å²) >= 11 is 0. The number of hydrogen-bond acceptors (Lipinski definition) is 5. The van der Waals surface area contributed by atoms with Crippen molar-refractivity contribution in [3.05, 3.63) is 89.1 Å². The molecule has 1 N–H and O–H groups in total. The van der Waals surface area contributed by atoms with E-state index in [1.54, 1.807) is 51.8 Å². The Labute approximate surface area is 202 Å². The maximum absolute atomic E-state index is 13.7. The lowest BCUT2D eigenvalue weighted by molar-refractivity contribution is 0.0817. The summed E-state index contributed by atoms with van der Waals surface area (Å²) in [5.74, 6) is 0.910. The smallest absolute Gasteiger partial charge is 0.270 e. The average molecular weight is 468 g/mol. The van der Waals surface area contributed by atoms with Crippen LogP contribution in [0.25, 0.3) is 21.9 Å². The number of nitrogens with one attached hydrogen (secondary N) is 1. The number of benzene rings is 2. The number of aromatic nitrogens is 4. The molecule has 0 radical (unpaired) electrons. The summed E-state index contributed by atoms with van der Waals surface area (Å²) < 4.78 is 7.64. The molecule has 8 nitrogen and oxygen atoms in total. The Bertz CT molecular complexity index is 1580. The summed E-state index contributed by atoms with van der Waals surface area (Å²) in [5, 5.41) is 0.600. The molecule has 35 heavy (non-hydrogen) atoms. The van der Waals surface area contributed by atoms with Crippen LogP contribution in [0.4, 0.5) is 0 Å². The fourth-order valence-corrected chi connectivity index (χ4v) is 4.39. The second-order valence-corrected chi connectivity index (χ2v) is 8.59. The highest BCUT2D eigenvalue weighted by atomic mass is 16.5. The molecule has 0 aliphatic heterocycles. The number of pyridine rings is 1. The van der Waals surface area contributed by atoms with Crippen LogP contribution in [0.1, 0.15) is 37.8 Å². The number of H-pyrrole nitrogens is 1. The molecule has 176 valence electrons. The molecule has 0 unspecified atom stereocenters. The van der Waals surface area contributed by atoms with Crippen LogP contribution in [0.3, 0.4) is 0 Å². The Morgan fingerprint density at radius 2 is 1.86 bits per heavy atom. The van der Waals surface area contributed by atoms with E-state index in [2.05, 4.69) is 19.5 Å². The van der Waals surface area contributed by atoms with Gasteiger partial charge in [0.1, 0.15) is 22.8 Å². The zero-order valence-corrected chi connectivity index (χ0v) is 20.0. The topological polar surface area (TPSA) is 93.1 Å². The Balaban J connectivity index is 1.53. The summed E-state index contributed by atoms with van der Waals surface area (Å²) in [6.45, 7) is 2.58. The van der Waals surface area contributed by atoms with Crippen molar-refractivity contribution in [3.8, 4) is 5.75 Å². The van der Waals surface area contributed by atoms with Gasteiger partial charge in [-0.3, -0.25) is 14.6 Å². The first-order valence-corrected chi connectivity index (χ1v) is 11.2. The molecule has 0 fully saturated rings. The Hall–Kier alpha value is -4.46. The van der Waals surface area contributed by atoms with E-state index in [4.69, 9.17) is 4.74 Å². The third kappa shape index (κ3) is 3.82. The number of methoxy groups -OCH3 is 1. The molecule has 3 heterocycles. The van der Waals surface area contributed by atoms with Gasteiger partial charge in [0, 0.05) is 32.4 Å². The van der Waals surface area contributed by atoms with Gasteiger partial charge in [0.25, 0.3) is 5.91 Å².